The minimum Gasteiger partial charge on any atom is -0.492 e. The van der Waals surface area contributed by atoms with E-state index in [0.717, 1.165) is 29.1 Å². The van der Waals surface area contributed by atoms with Gasteiger partial charge in [-0.05, 0) is 61.3 Å². The summed E-state index contributed by atoms with van der Waals surface area (Å²) < 4.78 is 19.8. The fourth-order valence-corrected chi connectivity index (χ4v) is 2.73. The molecule has 0 aliphatic carbocycles. The molecule has 4 nitrogen and oxygen atoms in total. The highest BCUT2D eigenvalue weighted by Crippen LogP contribution is 2.24. The number of ether oxygens (including phenoxy) is 1. The topological polar surface area (TPSA) is 53.3 Å². The van der Waals surface area contributed by atoms with Gasteiger partial charge in [-0.15, -0.1) is 0 Å². The average Bonchev–Trinajstić information content (AvgIpc) is 2.67. The van der Waals surface area contributed by atoms with Gasteiger partial charge in [0.25, 0.3) is 0 Å². The lowest BCUT2D eigenvalue weighted by Gasteiger charge is -2.11. The van der Waals surface area contributed by atoms with E-state index < -0.39 is 11.6 Å². The number of carbonyl (C=O) groups excluding carboxylic acids is 1. The highest BCUT2D eigenvalue weighted by atomic mass is 19.1. The van der Waals surface area contributed by atoms with Crippen molar-refractivity contribution in [1.29, 1.82) is 5.26 Å². The van der Waals surface area contributed by atoms with Crippen LogP contribution in [0.25, 0.3) is 10.8 Å². The van der Waals surface area contributed by atoms with Crippen LogP contribution in [0.2, 0.25) is 0 Å². The molecule has 0 atom stereocenters. The number of benzene rings is 3. The van der Waals surface area contributed by atoms with Crippen LogP contribution in [0.5, 0.6) is 5.75 Å². The van der Waals surface area contributed by atoms with Crippen LogP contribution >= 0.6 is 0 Å². The molecule has 27 heavy (non-hydrogen) atoms. The van der Waals surface area contributed by atoms with Crippen molar-refractivity contribution >= 4 is 16.6 Å². The number of ketones is 1. The number of nitrogens with zero attached hydrogens (tertiary/aromatic N) is 2. The summed E-state index contributed by atoms with van der Waals surface area (Å²) in [7, 11) is 3.97. The lowest BCUT2D eigenvalue weighted by Crippen LogP contribution is -2.19. The number of hydrogen-bond acceptors (Lipinski definition) is 4. The van der Waals surface area contributed by atoms with E-state index in [-0.39, 0.29) is 11.1 Å². The zero-order valence-electron chi connectivity index (χ0n) is 15.2. The largest absolute Gasteiger partial charge is 0.492 e. The molecule has 0 saturated carbocycles. The maximum Gasteiger partial charge on any atom is 0.196 e. The summed E-state index contributed by atoms with van der Waals surface area (Å²) in [5, 5.41) is 10.8. The van der Waals surface area contributed by atoms with Crippen molar-refractivity contribution in [2.75, 3.05) is 27.2 Å². The van der Waals surface area contributed by atoms with Gasteiger partial charge in [0, 0.05) is 12.1 Å². The first kappa shape index (κ1) is 18.6. The Balaban J connectivity index is 1.86. The Hall–Kier alpha value is -3.23. The van der Waals surface area contributed by atoms with Crippen LogP contribution in [0, 0.1) is 17.1 Å². The van der Waals surface area contributed by atoms with E-state index in [1.807, 2.05) is 49.3 Å². The summed E-state index contributed by atoms with van der Waals surface area (Å²) >= 11 is 0. The standard InChI is InChI=1S/C22H19FN2O2/c1-25(2)9-10-27-19-7-6-16-12-18(5-4-17(16)13-19)22(26)20-11-15(14-24)3-8-21(20)23/h3-8,11-13H,9-10H2,1-2H3. The predicted octanol–water partition coefficient (Wildman–Crippen LogP) is 4.02. The van der Waals surface area contributed by atoms with Crippen molar-refractivity contribution in [2.45, 2.75) is 0 Å². The first-order valence-corrected chi connectivity index (χ1v) is 8.53. The molecule has 0 bridgehead atoms. The molecule has 0 aliphatic heterocycles. The molecular weight excluding hydrogens is 343 g/mol. The zero-order valence-corrected chi connectivity index (χ0v) is 15.2. The Kier molecular flexibility index (Phi) is 5.49. The van der Waals surface area contributed by atoms with E-state index in [9.17, 15) is 9.18 Å². The van der Waals surface area contributed by atoms with Crippen molar-refractivity contribution in [2.24, 2.45) is 0 Å². The third kappa shape index (κ3) is 4.30. The first-order chi connectivity index (χ1) is 13.0. The molecule has 0 unspecified atom stereocenters. The van der Waals surface area contributed by atoms with Gasteiger partial charge < -0.3 is 9.64 Å². The van der Waals surface area contributed by atoms with E-state index >= 15 is 0 Å². The highest BCUT2D eigenvalue weighted by molar-refractivity contribution is 6.11. The van der Waals surface area contributed by atoms with Crippen LogP contribution in [0.15, 0.2) is 54.6 Å². The molecular formula is C22H19FN2O2. The number of hydrogen-bond donors (Lipinski definition) is 0. The zero-order chi connectivity index (χ0) is 19.4. The van der Waals surface area contributed by atoms with Crippen molar-refractivity contribution < 1.29 is 13.9 Å². The molecule has 5 heteroatoms. The number of carbonyl (C=O) groups is 1. The maximum atomic E-state index is 14.0. The smallest absolute Gasteiger partial charge is 0.196 e. The van der Waals surface area contributed by atoms with Crippen LogP contribution in [0.1, 0.15) is 21.5 Å². The van der Waals surface area contributed by atoms with Gasteiger partial charge in [0.15, 0.2) is 5.78 Å². The highest BCUT2D eigenvalue weighted by Gasteiger charge is 2.15. The molecule has 0 fully saturated rings. The van der Waals surface area contributed by atoms with E-state index in [1.54, 1.807) is 12.1 Å². The molecule has 0 radical (unpaired) electrons. The third-order valence-electron chi connectivity index (χ3n) is 4.22. The molecule has 3 aromatic carbocycles. The minimum absolute atomic E-state index is 0.1000. The molecule has 0 N–H and O–H groups in total. The maximum absolute atomic E-state index is 14.0. The Morgan fingerprint density at radius 2 is 1.81 bits per heavy atom. The lowest BCUT2D eigenvalue weighted by atomic mass is 9.98. The summed E-state index contributed by atoms with van der Waals surface area (Å²) in [6.07, 6.45) is 0. The molecule has 0 aromatic heterocycles. The van der Waals surface area contributed by atoms with E-state index in [0.29, 0.717) is 12.2 Å². The molecule has 0 spiro atoms. The van der Waals surface area contributed by atoms with Crippen molar-refractivity contribution in [3.8, 4) is 11.8 Å². The SMILES string of the molecule is CN(C)CCOc1ccc2cc(C(=O)c3cc(C#N)ccc3F)ccc2c1. The normalized spacial score (nSPS) is 10.8. The van der Waals surface area contributed by atoms with Crippen molar-refractivity contribution in [3.05, 3.63) is 77.1 Å². The summed E-state index contributed by atoms with van der Waals surface area (Å²) in [5.41, 5.74) is 0.523. The van der Waals surface area contributed by atoms with Gasteiger partial charge in [-0.3, -0.25) is 4.79 Å². The lowest BCUT2D eigenvalue weighted by molar-refractivity contribution is 0.103. The predicted molar refractivity (Wildman–Crippen MR) is 103 cm³/mol. The van der Waals surface area contributed by atoms with Gasteiger partial charge in [0.1, 0.15) is 18.2 Å². The molecule has 3 aromatic rings. The summed E-state index contributed by atoms with van der Waals surface area (Å²) in [4.78, 5) is 14.7. The van der Waals surface area contributed by atoms with Gasteiger partial charge >= 0.3 is 0 Å². The molecule has 0 saturated heterocycles. The molecule has 136 valence electrons. The fourth-order valence-electron chi connectivity index (χ4n) is 2.73. The quantitative estimate of drug-likeness (QED) is 0.622. The number of likely N-dealkylation sites (N-methyl/N-ethyl adjacent to an activating group) is 1. The van der Waals surface area contributed by atoms with Crippen LogP contribution in [0.3, 0.4) is 0 Å². The first-order valence-electron chi connectivity index (χ1n) is 8.53. The number of fused-ring (bicyclic) bond motifs is 1. The van der Waals surface area contributed by atoms with Gasteiger partial charge in [-0.25, -0.2) is 4.39 Å². The molecule has 0 heterocycles. The number of halogens is 1. The fraction of sp³-hybridized carbons (Fsp3) is 0.182. The van der Waals surface area contributed by atoms with Gasteiger partial charge in [-0.1, -0.05) is 18.2 Å². The van der Waals surface area contributed by atoms with Crippen LogP contribution in [-0.2, 0) is 0 Å². The second-order valence-electron chi connectivity index (χ2n) is 6.51. The Bertz CT molecular complexity index is 1040. The molecule has 0 aliphatic rings. The second-order valence-corrected chi connectivity index (χ2v) is 6.51. The van der Waals surface area contributed by atoms with Crippen LogP contribution in [0.4, 0.5) is 4.39 Å². The summed E-state index contributed by atoms with van der Waals surface area (Å²) in [5.74, 6) is -0.322. The van der Waals surface area contributed by atoms with Crippen molar-refractivity contribution in [3.63, 3.8) is 0 Å². The van der Waals surface area contributed by atoms with E-state index in [4.69, 9.17) is 10.00 Å². The molecule has 3 rings (SSSR count). The van der Waals surface area contributed by atoms with Crippen LogP contribution in [-0.4, -0.2) is 37.9 Å². The Labute approximate surface area is 157 Å². The molecule has 0 amide bonds. The Morgan fingerprint density at radius 3 is 2.56 bits per heavy atom. The minimum atomic E-state index is -0.635. The van der Waals surface area contributed by atoms with Gasteiger partial charge in [-0.2, -0.15) is 5.26 Å². The van der Waals surface area contributed by atoms with Gasteiger partial charge in [0.2, 0.25) is 0 Å². The second kappa shape index (κ2) is 7.98. The number of nitriles is 1. The van der Waals surface area contributed by atoms with Crippen LogP contribution < -0.4 is 4.74 Å². The summed E-state index contributed by atoms with van der Waals surface area (Å²) in [6.45, 7) is 1.41. The average molecular weight is 362 g/mol. The Morgan fingerprint density at radius 1 is 1.07 bits per heavy atom. The summed E-state index contributed by atoms with van der Waals surface area (Å²) in [6, 6.07) is 16.5. The monoisotopic (exact) mass is 362 g/mol. The van der Waals surface area contributed by atoms with Gasteiger partial charge in [0.05, 0.1) is 17.2 Å². The third-order valence-corrected chi connectivity index (χ3v) is 4.22. The van der Waals surface area contributed by atoms with E-state index in [1.165, 1.54) is 12.1 Å². The number of rotatable bonds is 6. The van der Waals surface area contributed by atoms with E-state index in [2.05, 4.69) is 0 Å². The van der Waals surface area contributed by atoms with Crippen molar-refractivity contribution in [1.82, 2.24) is 4.90 Å².